The van der Waals surface area contributed by atoms with E-state index < -0.39 is 40.6 Å². The molecule has 0 spiro atoms. The number of anilines is 1. The molecule has 3 N–H and O–H groups in total. The minimum Gasteiger partial charge on any atom is -0.444 e. The lowest BCUT2D eigenvalue weighted by atomic mass is 9.82. The van der Waals surface area contributed by atoms with Crippen molar-refractivity contribution >= 4 is 17.7 Å². The van der Waals surface area contributed by atoms with Gasteiger partial charge in [-0.25, -0.2) is 9.18 Å². The first-order valence-electron chi connectivity index (χ1n) is 14.9. The number of pyridine rings is 1. The minimum absolute atomic E-state index is 0.0153. The summed E-state index contributed by atoms with van der Waals surface area (Å²) in [6.07, 6.45) is 5.15. The fourth-order valence-electron chi connectivity index (χ4n) is 5.84. The highest BCUT2D eigenvalue weighted by Gasteiger charge is 2.51. The van der Waals surface area contributed by atoms with Gasteiger partial charge in [-0.05, 0) is 74.9 Å². The minimum atomic E-state index is -0.980. The fourth-order valence-corrected chi connectivity index (χ4v) is 5.84. The van der Waals surface area contributed by atoms with Crippen molar-refractivity contribution in [2.45, 2.75) is 75.7 Å². The number of nitrogens with one attached hydrogen (secondary N) is 1. The van der Waals surface area contributed by atoms with Gasteiger partial charge < -0.3 is 20.5 Å². The summed E-state index contributed by atoms with van der Waals surface area (Å²) < 4.78 is 26.9. The number of hydrogen-bond donors (Lipinski definition) is 2. The van der Waals surface area contributed by atoms with Gasteiger partial charge in [-0.2, -0.15) is 0 Å². The molecule has 2 heterocycles. The van der Waals surface area contributed by atoms with Crippen LogP contribution < -0.4 is 11.1 Å². The third kappa shape index (κ3) is 6.73. The van der Waals surface area contributed by atoms with Gasteiger partial charge in [-0.15, -0.1) is 0 Å². The van der Waals surface area contributed by atoms with Crippen molar-refractivity contribution in [3.8, 4) is 0 Å². The second-order valence-corrected chi connectivity index (χ2v) is 12.7. The number of halogens is 1. The Morgan fingerprint density at radius 1 is 1.09 bits per heavy atom. The van der Waals surface area contributed by atoms with Crippen LogP contribution in [-0.4, -0.2) is 47.2 Å². The summed E-state index contributed by atoms with van der Waals surface area (Å²) in [6, 6.07) is 18.6. The van der Waals surface area contributed by atoms with Crippen LogP contribution in [0.25, 0.3) is 0 Å². The van der Waals surface area contributed by atoms with Crippen LogP contribution in [0.15, 0.2) is 72.9 Å². The summed E-state index contributed by atoms with van der Waals surface area (Å²) in [5.74, 6) is -0.515. The molecule has 2 fully saturated rings. The Bertz CT molecular complexity index is 1440. The fraction of sp³-hybridized carbons (Fsp3) is 0.441. The van der Waals surface area contributed by atoms with Gasteiger partial charge in [0.1, 0.15) is 23.1 Å². The molecule has 8 nitrogen and oxygen atoms in total. The maximum absolute atomic E-state index is 15.3. The number of rotatable bonds is 9. The second-order valence-electron chi connectivity index (χ2n) is 12.7. The van der Waals surface area contributed by atoms with Gasteiger partial charge in [0.05, 0.1) is 23.5 Å². The van der Waals surface area contributed by atoms with Crippen molar-refractivity contribution in [1.82, 2.24) is 9.88 Å². The number of nitrogens with two attached hydrogens (primary N) is 1. The molecule has 1 saturated heterocycles. The number of aromatic nitrogens is 1. The zero-order chi connectivity index (χ0) is 30.8. The SMILES string of the molecule is CO[C@]1(c2ccccc2)C[C@H](C(=O)Nc2cc(C(N)(CCC3CC3)c3ccccn3)ccc2F)N(C(=O)OC(C)(C)C)C1. The van der Waals surface area contributed by atoms with E-state index in [-0.39, 0.29) is 18.7 Å². The summed E-state index contributed by atoms with van der Waals surface area (Å²) in [7, 11) is 1.56. The van der Waals surface area contributed by atoms with Crippen LogP contribution in [0.1, 0.15) is 69.7 Å². The number of methoxy groups -OCH3 is 1. The van der Waals surface area contributed by atoms with Crippen LogP contribution >= 0.6 is 0 Å². The maximum Gasteiger partial charge on any atom is 0.411 e. The number of hydrogen-bond acceptors (Lipinski definition) is 6. The molecule has 9 heteroatoms. The van der Waals surface area contributed by atoms with Crippen molar-refractivity contribution in [3.05, 3.63) is 95.6 Å². The molecule has 1 unspecified atom stereocenters. The number of ether oxygens (including phenoxy) is 2. The van der Waals surface area contributed by atoms with Gasteiger partial charge in [0.2, 0.25) is 5.91 Å². The van der Waals surface area contributed by atoms with E-state index in [0.29, 0.717) is 23.6 Å². The summed E-state index contributed by atoms with van der Waals surface area (Å²) in [5, 5.41) is 2.76. The zero-order valence-electron chi connectivity index (χ0n) is 25.3. The van der Waals surface area contributed by atoms with Crippen LogP contribution in [0.5, 0.6) is 0 Å². The largest absolute Gasteiger partial charge is 0.444 e. The Balaban J connectivity index is 1.46. The van der Waals surface area contributed by atoms with Gasteiger partial charge >= 0.3 is 6.09 Å². The van der Waals surface area contributed by atoms with Crippen molar-refractivity contribution in [1.29, 1.82) is 0 Å². The first kappa shape index (κ1) is 30.6. The molecule has 228 valence electrons. The second kappa shape index (κ2) is 12.1. The van der Waals surface area contributed by atoms with Gasteiger partial charge in [-0.1, -0.05) is 55.3 Å². The highest BCUT2D eigenvalue weighted by atomic mass is 19.1. The molecule has 3 atom stereocenters. The van der Waals surface area contributed by atoms with E-state index in [1.54, 1.807) is 46.2 Å². The molecule has 1 aliphatic carbocycles. The Hall–Kier alpha value is -3.82. The zero-order valence-corrected chi connectivity index (χ0v) is 25.3. The summed E-state index contributed by atoms with van der Waals surface area (Å²) >= 11 is 0. The Labute approximate surface area is 252 Å². The number of carbonyl (C=O) groups excluding carboxylic acids is 2. The van der Waals surface area contributed by atoms with Crippen molar-refractivity contribution in [2.24, 2.45) is 11.7 Å². The molecule has 2 aliphatic rings. The average Bonchev–Trinajstić information content (AvgIpc) is 3.74. The Kier molecular flexibility index (Phi) is 8.58. The molecule has 5 rings (SSSR count). The molecule has 0 bridgehead atoms. The monoisotopic (exact) mass is 588 g/mol. The molecule has 1 aromatic heterocycles. The van der Waals surface area contributed by atoms with E-state index in [1.807, 2.05) is 48.5 Å². The van der Waals surface area contributed by atoms with Gasteiger partial charge in [0.25, 0.3) is 0 Å². The van der Waals surface area contributed by atoms with Crippen LogP contribution in [0, 0.1) is 11.7 Å². The van der Waals surface area contributed by atoms with Crippen molar-refractivity contribution < 1.29 is 23.5 Å². The predicted molar refractivity (Wildman–Crippen MR) is 163 cm³/mol. The molecule has 3 aromatic rings. The maximum atomic E-state index is 15.3. The van der Waals surface area contributed by atoms with Gasteiger partial charge in [0.15, 0.2) is 0 Å². The first-order valence-corrected chi connectivity index (χ1v) is 14.9. The van der Waals surface area contributed by atoms with E-state index >= 15 is 4.39 Å². The molecule has 43 heavy (non-hydrogen) atoms. The summed E-state index contributed by atoms with van der Waals surface area (Å²) in [4.78, 5) is 33.2. The third-order valence-corrected chi connectivity index (χ3v) is 8.45. The van der Waals surface area contributed by atoms with Gasteiger partial charge in [0, 0.05) is 19.7 Å². The van der Waals surface area contributed by atoms with E-state index in [4.69, 9.17) is 15.2 Å². The quantitative estimate of drug-likeness (QED) is 0.313. The number of amides is 2. The summed E-state index contributed by atoms with van der Waals surface area (Å²) in [5.41, 5.74) is 6.49. The van der Waals surface area contributed by atoms with E-state index in [9.17, 15) is 9.59 Å². The molecule has 2 amide bonds. The van der Waals surface area contributed by atoms with E-state index in [1.165, 1.54) is 23.8 Å². The normalized spacial score (nSPS) is 21.7. The molecule has 1 saturated carbocycles. The third-order valence-electron chi connectivity index (χ3n) is 8.45. The van der Waals surface area contributed by atoms with Gasteiger partial charge in [-0.3, -0.25) is 14.7 Å². The molecule has 2 aromatic carbocycles. The predicted octanol–water partition coefficient (Wildman–Crippen LogP) is 6.10. The van der Waals surface area contributed by atoms with Crippen molar-refractivity contribution in [3.63, 3.8) is 0 Å². The Morgan fingerprint density at radius 2 is 1.81 bits per heavy atom. The number of benzene rings is 2. The van der Waals surface area contributed by atoms with Crippen LogP contribution in [0.4, 0.5) is 14.9 Å². The first-order chi connectivity index (χ1) is 20.4. The molecular formula is C34H41FN4O4. The molecule has 1 aliphatic heterocycles. The van der Waals surface area contributed by atoms with Crippen LogP contribution in [-0.2, 0) is 25.4 Å². The van der Waals surface area contributed by atoms with E-state index in [0.717, 1.165) is 12.0 Å². The topological polar surface area (TPSA) is 107 Å². The molecule has 0 radical (unpaired) electrons. The number of likely N-dealkylation sites (tertiary alicyclic amines) is 1. The number of nitrogens with zero attached hydrogens (tertiary/aromatic N) is 2. The van der Waals surface area contributed by atoms with Crippen LogP contribution in [0.3, 0.4) is 0 Å². The standard InChI is InChI=1S/C34H41FN4O4/c1-32(2,3)43-31(41)39-22-33(42-4,24-10-6-5-7-11-24)21-28(39)30(40)38-27-20-25(15-16-26(27)35)34(36,18-17-23-13-14-23)29-12-8-9-19-37-29/h5-12,15-16,19-20,23,28H,13-14,17-18,21-22,36H2,1-4H3,(H,38,40)/t28-,33-,34?/m1/s1. The Morgan fingerprint density at radius 3 is 2.44 bits per heavy atom. The van der Waals surface area contributed by atoms with Crippen molar-refractivity contribution in [2.75, 3.05) is 19.0 Å². The highest BCUT2D eigenvalue weighted by Crippen LogP contribution is 2.42. The smallest absolute Gasteiger partial charge is 0.411 e. The van der Waals surface area contributed by atoms with Crippen LogP contribution in [0.2, 0.25) is 0 Å². The molecular weight excluding hydrogens is 547 g/mol. The highest BCUT2D eigenvalue weighted by molar-refractivity contribution is 5.97. The summed E-state index contributed by atoms with van der Waals surface area (Å²) in [6.45, 7) is 5.39. The van der Waals surface area contributed by atoms with E-state index in [2.05, 4.69) is 10.3 Å². The lowest BCUT2D eigenvalue weighted by Crippen LogP contribution is -2.45. The lowest BCUT2D eigenvalue weighted by Gasteiger charge is -2.31. The number of carbonyl (C=O) groups is 2. The average molecular weight is 589 g/mol. The lowest BCUT2D eigenvalue weighted by molar-refractivity contribution is -0.120.